The Hall–Kier alpha value is -5.48. The van der Waals surface area contributed by atoms with Crippen LogP contribution in [0.1, 0.15) is 193 Å². The van der Waals surface area contributed by atoms with Gasteiger partial charge in [0, 0.05) is 39.1 Å². The highest BCUT2D eigenvalue weighted by Gasteiger charge is 2.58. The first kappa shape index (κ1) is 46.1. The van der Waals surface area contributed by atoms with Crippen LogP contribution in [0.15, 0.2) is 108 Å². The molecule has 6 aromatic carbocycles. The molecular formula is C69H77BN2O. The van der Waals surface area contributed by atoms with Crippen molar-refractivity contribution in [1.82, 2.24) is 0 Å². The van der Waals surface area contributed by atoms with Crippen molar-refractivity contribution in [3.63, 3.8) is 0 Å². The molecular weight excluding hydrogens is 884 g/mol. The van der Waals surface area contributed by atoms with Gasteiger partial charge in [-0.1, -0.05) is 158 Å². The molecule has 3 heterocycles. The van der Waals surface area contributed by atoms with Crippen molar-refractivity contribution < 1.29 is 4.42 Å². The lowest BCUT2D eigenvalue weighted by Crippen LogP contribution is -2.61. The highest BCUT2D eigenvalue weighted by atomic mass is 16.3. The fraction of sp³-hybridized carbons (Fsp3) is 0.449. The normalized spacial score (nSPS) is 24.0. The lowest BCUT2D eigenvalue weighted by molar-refractivity contribution is 0.327. The van der Waals surface area contributed by atoms with Crippen LogP contribution in [0.5, 0.6) is 0 Å². The maximum Gasteiger partial charge on any atom is 0.297 e. The molecule has 2 saturated carbocycles. The third kappa shape index (κ3) is 6.19. The van der Waals surface area contributed by atoms with Gasteiger partial charge in [-0.25, -0.2) is 0 Å². The van der Waals surface area contributed by atoms with Crippen molar-refractivity contribution in [2.75, 3.05) is 9.80 Å². The minimum atomic E-state index is -0.137. The molecule has 3 atom stereocenters. The number of nitrogens with zero attached hydrogens (tertiary/aromatic N) is 2. The molecule has 5 aliphatic carbocycles. The predicted molar refractivity (Wildman–Crippen MR) is 310 cm³/mol. The van der Waals surface area contributed by atoms with Gasteiger partial charge in [0.1, 0.15) is 5.58 Å². The monoisotopic (exact) mass is 961 g/mol. The van der Waals surface area contributed by atoms with Crippen LogP contribution in [0.2, 0.25) is 0 Å². The van der Waals surface area contributed by atoms with Crippen LogP contribution in [-0.4, -0.2) is 6.71 Å². The third-order valence-corrected chi connectivity index (χ3v) is 20.7. The van der Waals surface area contributed by atoms with Crippen LogP contribution in [0.3, 0.4) is 0 Å². The van der Waals surface area contributed by atoms with E-state index in [1.54, 1.807) is 11.1 Å². The highest BCUT2D eigenvalue weighted by molar-refractivity contribution is 7.00. The van der Waals surface area contributed by atoms with Crippen molar-refractivity contribution in [2.45, 2.75) is 186 Å². The Morgan fingerprint density at radius 2 is 1.16 bits per heavy atom. The minimum absolute atomic E-state index is 0.0342. The van der Waals surface area contributed by atoms with Gasteiger partial charge in [0.15, 0.2) is 0 Å². The summed E-state index contributed by atoms with van der Waals surface area (Å²) < 4.78 is 7.83. The Bertz CT molecular complexity index is 3550. The fourth-order valence-corrected chi connectivity index (χ4v) is 16.3. The van der Waals surface area contributed by atoms with E-state index in [9.17, 15) is 0 Å². The van der Waals surface area contributed by atoms with E-state index in [2.05, 4.69) is 210 Å². The van der Waals surface area contributed by atoms with Gasteiger partial charge in [-0.2, -0.15) is 0 Å². The standard InChI is InChI=1S/C69H77BN2O/c1-63(2,3)41-24-27-54-53(33-41)70-60-56(71(54)44-25-26-48-50(36-44)66(9,10)29-28-65(48,7)8)34-43(64(4,5)6)35-57(60)72(61-46-37-51-52(38-58(46)73-62(61)70)68(13,14)31-30-67(51,11)12)55-21-17-20-49-59(55)45-18-15-16-19-47(45)69(49)39-40-22-23-42(69)32-40/h15-21,24-27,33-38,40,42H,22-23,28-32,39H2,1-14H3. The number of fused-ring (bicyclic) bond motifs is 16. The summed E-state index contributed by atoms with van der Waals surface area (Å²) in [5.74, 6) is 1.47. The molecule has 0 saturated heterocycles. The molecule has 4 heteroatoms. The number of rotatable bonds is 2. The zero-order valence-corrected chi connectivity index (χ0v) is 46.5. The molecule has 0 amide bonds. The van der Waals surface area contributed by atoms with Gasteiger partial charge < -0.3 is 14.2 Å². The molecule has 0 N–H and O–H groups in total. The number of hydrogen-bond acceptors (Lipinski definition) is 3. The van der Waals surface area contributed by atoms with Crippen molar-refractivity contribution in [3.05, 3.63) is 148 Å². The van der Waals surface area contributed by atoms with E-state index in [0.29, 0.717) is 5.92 Å². The third-order valence-electron chi connectivity index (χ3n) is 20.7. The molecule has 2 bridgehead atoms. The maximum atomic E-state index is 7.83. The van der Waals surface area contributed by atoms with E-state index in [-0.39, 0.29) is 44.6 Å². The van der Waals surface area contributed by atoms with E-state index in [1.807, 2.05) is 0 Å². The Balaban J connectivity index is 1.13. The molecule has 7 aromatic rings. The molecule has 2 aliphatic heterocycles. The first-order chi connectivity index (χ1) is 34.4. The van der Waals surface area contributed by atoms with Crippen LogP contribution in [0.25, 0.3) is 22.1 Å². The van der Waals surface area contributed by atoms with Crippen LogP contribution in [0, 0.1) is 11.8 Å². The molecule has 2 fully saturated rings. The van der Waals surface area contributed by atoms with Crippen molar-refractivity contribution in [2.24, 2.45) is 11.8 Å². The van der Waals surface area contributed by atoms with Crippen LogP contribution in [-0.2, 0) is 37.9 Å². The van der Waals surface area contributed by atoms with E-state index < -0.39 is 0 Å². The minimum Gasteiger partial charge on any atom is -0.468 e. The summed E-state index contributed by atoms with van der Waals surface area (Å²) in [7, 11) is 0. The topological polar surface area (TPSA) is 19.6 Å². The van der Waals surface area contributed by atoms with Gasteiger partial charge in [0.05, 0.1) is 17.0 Å². The van der Waals surface area contributed by atoms with Crippen molar-refractivity contribution in [1.29, 1.82) is 0 Å². The Morgan fingerprint density at radius 3 is 1.82 bits per heavy atom. The number of benzene rings is 6. The average molecular weight is 961 g/mol. The van der Waals surface area contributed by atoms with E-state index in [0.717, 1.165) is 30.0 Å². The number of anilines is 6. The summed E-state index contributed by atoms with van der Waals surface area (Å²) in [4.78, 5) is 5.44. The number of hydrogen-bond donors (Lipinski definition) is 0. The second-order valence-corrected chi connectivity index (χ2v) is 29.1. The molecule has 1 spiro atoms. The second-order valence-electron chi connectivity index (χ2n) is 29.1. The average Bonchev–Trinajstić information content (AvgIpc) is 4.14. The SMILES string of the molecule is CC(C)(C)c1ccc2c(c1)B1c3oc4cc5c(cc4c3N(c3cccc4c3-c3ccccc3C43CC4CCC3C4)c3cc(C(C)(C)C)cc(c31)N2c1ccc2c(c1)C(C)(C)CCC2(C)C)C(C)(C)CCC5(C)C. The van der Waals surface area contributed by atoms with Gasteiger partial charge in [-0.15, -0.1) is 0 Å². The largest absolute Gasteiger partial charge is 0.468 e. The van der Waals surface area contributed by atoms with E-state index in [1.165, 1.54) is 133 Å². The first-order valence-corrected chi connectivity index (χ1v) is 28.3. The Labute approximate surface area is 437 Å². The lowest BCUT2D eigenvalue weighted by Gasteiger charge is -2.45. The zero-order valence-electron chi connectivity index (χ0n) is 46.5. The molecule has 372 valence electrons. The smallest absolute Gasteiger partial charge is 0.297 e. The van der Waals surface area contributed by atoms with Crippen molar-refractivity contribution in [3.8, 4) is 11.1 Å². The fourth-order valence-electron chi connectivity index (χ4n) is 16.3. The summed E-state index contributed by atoms with van der Waals surface area (Å²) in [6, 6.07) is 42.3. The molecule has 1 aromatic heterocycles. The molecule has 0 radical (unpaired) electrons. The molecule has 3 nitrogen and oxygen atoms in total. The van der Waals surface area contributed by atoms with Crippen LogP contribution in [0.4, 0.5) is 34.1 Å². The molecule has 14 rings (SSSR count). The van der Waals surface area contributed by atoms with Gasteiger partial charge in [-0.05, 0) is 199 Å². The Morgan fingerprint density at radius 1 is 0.534 bits per heavy atom. The quantitative estimate of drug-likeness (QED) is 0.161. The maximum absolute atomic E-state index is 7.83. The summed E-state index contributed by atoms with van der Waals surface area (Å²) in [5.41, 5.74) is 27.0. The van der Waals surface area contributed by atoms with Gasteiger partial charge in [-0.3, -0.25) is 0 Å². The van der Waals surface area contributed by atoms with Crippen LogP contribution >= 0.6 is 0 Å². The van der Waals surface area contributed by atoms with Gasteiger partial charge in [0.25, 0.3) is 6.71 Å². The summed E-state index contributed by atoms with van der Waals surface area (Å²) in [6.45, 7) is 34.0. The molecule has 7 aliphatic rings. The van der Waals surface area contributed by atoms with E-state index >= 15 is 0 Å². The van der Waals surface area contributed by atoms with E-state index in [4.69, 9.17) is 4.42 Å². The highest BCUT2D eigenvalue weighted by Crippen LogP contribution is 2.67. The van der Waals surface area contributed by atoms with Crippen LogP contribution < -0.4 is 26.4 Å². The summed E-state index contributed by atoms with van der Waals surface area (Å²) in [5, 5.41) is 1.24. The predicted octanol–water partition coefficient (Wildman–Crippen LogP) is 16.9. The van der Waals surface area contributed by atoms with Gasteiger partial charge >= 0.3 is 0 Å². The number of furan rings is 1. The summed E-state index contributed by atoms with van der Waals surface area (Å²) >= 11 is 0. The van der Waals surface area contributed by atoms with Gasteiger partial charge in [0.2, 0.25) is 0 Å². The summed E-state index contributed by atoms with van der Waals surface area (Å²) in [6.07, 6.45) is 10.00. The lowest BCUT2D eigenvalue weighted by atomic mass is 9.35. The first-order valence-electron chi connectivity index (χ1n) is 28.3. The van der Waals surface area contributed by atoms with Crippen molar-refractivity contribution >= 4 is 68.4 Å². The zero-order chi connectivity index (χ0) is 50.9. The Kier molecular flexibility index (Phi) is 9.13. The molecule has 3 unspecified atom stereocenters. The second kappa shape index (κ2) is 14.5. The molecule has 73 heavy (non-hydrogen) atoms.